The van der Waals surface area contributed by atoms with E-state index in [9.17, 15) is 24.8 Å². The lowest BCUT2D eigenvalue weighted by Gasteiger charge is -2.23. The molecule has 5 heterocycles. The van der Waals surface area contributed by atoms with Gasteiger partial charge in [0.1, 0.15) is 18.4 Å². The van der Waals surface area contributed by atoms with Crippen LogP contribution in [0.1, 0.15) is 29.2 Å². The normalized spacial score (nSPS) is 22.8. The maximum atomic E-state index is 13.4. The number of carbonyl (C=O) groups is 1. The van der Waals surface area contributed by atoms with Crippen molar-refractivity contribution in [3.8, 4) is 11.4 Å². The fourth-order valence-corrected chi connectivity index (χ4v) is 4.96. The minimum absolute atomic E-state index is 0.0287. The first-order valence-electron chi connectivity index (χ1n) is 9.71. The number of epoxide rings is 1. The van der Waals surface area contributed by atoms with Crippen LogP contribution in [0.25, 0.3) is 22.3 Å². The van der Waals surface area contributed by atoms with Gasteiger partial charge in [-0.1, -0.05) is 18.2 Å². The van der Waals surface area contributed by atoms with Crippen molar-refractivity contribution in [1.82, 2.24) is 9.55 Å². The summed E-state index contributed by atoms with van der Waals surface area (Å²) in [7, 11) is 0. The third-order valence-corrected chi connectivity index (χ3v) is 6.43. The van der Waals surface area contributed by atoms with Crippen LogP contribution >= 0.6 is 0 Å². The van der Waals surface area contributed by atoms with Gasteiger partial charge in [-0.2, -0.15) is 0 Å². The Morgan fingerprint density at radius 2 is 2.06 bits per heavy atom. The van der Waals surface area contributed by atoms with E-state index in [-0.39, 0.29) is 48.0 Å². The van der Waals surface area contributed by atoms with Gasteiger partial charge in [-0.15, -0.1) is 0 Å². The fourth-order valence-electron chi connectivity index (χ4n) is 4.96. The molecule has 3 aliphatic heterocycles. The largest absolute Gasteiger partial charge is 0.458 e. The van der Waals surface area contributed by atoms with E-state index in [4.69, 9.17) is 9.47 Å². The van der Waals surface area contributed by atoms with Crippen molar-refractivity contribution in [3.63, 3.8) is 0 Å². The van der Waals surface area contributed by atoms with Gasteiger partial charge in [-0.05, 0) is 18.6 Å². The molecule has 0 radical (unpaired) electrons. The molecule has 0 aliphatic carbocycles. The number of fused-ring (bicyclic) bond motifs is 6. The summed E-state index contributed by atoms with van der Waals surface area (Å²) in [5, 5.41) is 23.1. The van der Waals surface area contributed by atoms with E-state index in [0.29, 0.717) is 22.0 Å². The Bertz CT molecular complexity index is 1430. The zero-order valence-electron chi connectivity index (χ0n) is 16.2. The molecular formula is C21H15N3O7. The molecule has 2 aromatic heterocycles. The first-order valence-corrected chi connectivity index (χ1v) is 9.71. The number of hydrogen-bond donors (Lipinski definition) is 1. The van der Waals surface area contributed by atoms with Crippen molar-refractivity contribution >= 4 is 22.6 Å². The molecule has 10 heteroatoms. The average molecular weight is 421 g/mol. The summed E-state index contributed by atoms with van der Waals surface area (Å²) in [5.74, 6) is -0.735. The lowest BCUT2D eigenvalue weighted by molar-refractivity contribution is -0.385. The molecule has 0 amide bonds. The third kappa shape index (κ3) is 2.05. The van der Waals surface area contributed by atoms with Crippen LogP contribution in [0.3, 0.4) is 0 Å². The van der Waals surface area contributed by atoms with Crippen LogP contribution in [0.2, 0.25) is 0 Å². The predicted molar refractivity (Wildman–Crippen MR) is 105 cm³/mol. The van der Waals surface area contributed by atoms with Crippen molar-refractivity contribution in [3.05, 3.63) is 67.0 Å². The number of pyridine rings is 2. The maximum absolute atomic E-state index is 13.4. The first-order chi connectivity index (χ1) is 14.9. The van der Waals surface area contributed by atoms with E-state index in [1.54, 1.807) is 25.1 Å². The molecule has 1 spiro atoms. The highest BCUT2D eigenvalue weighted by Crippen LogP contribution is 2.55. The number of nitrogens with zero attached hydrogens (tertiary/aromatic N) is 3. The molecule has 1 saturated heterocycles. The highest BCUT2D eigenvalue weighted by molar-refractivity contribution is 5.93. The second-order valence-electron chi connectivity index (χ2n) is 7.86. The molecule has 2 atom stereocenters. The summed E-state index contributed by atoms with van der Waals surface area (Å²) in [6.07, 6.45) is -0.654. The minimum atomic E-state index is -1.65. The van der Waals surface area contributed by atoms with E-state index in [2.05, 4.69) is 4.98 Å². The van der Waals surface area contributed by atoms with Crippen molar-refractivity contribution in [2.75, 3.05) is 0 Å². The van der Waals surface area contributed by atoms with E-state index >= 15 is 0 Å². The minimum Gasteiger partial charge on any atom is -0.458 e. The van der Waals surface area contributed by atoms with Crippen LogP contribution in [0.5, 0.6) is 0 Å². The van der Waals surface area contributed by atoms with Crippen LogP contribution in [-0.4, -0.2) is 31.7 Å². The number of nitro groups is 1. The van der Waals surface area contributed by atoms with Gasteiger partial charge in [0.2, 0.25) is 5.60 Å². The molecule has 0 saturated carbocycles. The van der Waals surface area contributed by atoms with Gasteiger partial charge >= 0.3 is 11.7 Å². The highest BCUT2D eigenvalue weighted by Gasteiger charge is 2.69. The number of rotatable bonds is 2. The molecule has 0 bridgehead atoms. The smallest absolute Gasteiger partial charge is 0.346 e. The van der Waals surface area contributed by atoms with Gasteiger partial charge in [-0.3, -0.25) is 19.5 Å². The zero-order chi connectivity index (χ0) is 21.7. The van der Waals surface area contributed by atoms with Crippen LogP contribution in [0.15, 0.2) is 29.1 Å². The summed E-state index contributed by atoms with van der Waals surface area (Å²) in [6, 6.07) is 7.13. The number of carbonyl (C=O) groups excluding carboxylic acids is 1. The molecule has 3 aliphatic rings. The molecular weight excluding hydrogens is 406 g/mol. The average Bonchev–Trinajstić information content (AvgIpc) is 3.27. The van der Waals surface area contributed by atoms with Gasteiger partial charge in [0.25, 0.3) is 5.56 Å². The molecule has 1 aromatic carbocycles. The van der Waals surface area contributed by atoms with E-state index in [0.717, 1.165) is 0 Å². The topological polar surface area (TPSA) is 137 Å². The molecule has 10 nitrogen and oxygen atoms in total. The summed E-state index contributed by atoms with van der Waals surface area (Å²) in [4.78, 5) is 42.2. The Morgan fingerprint density at radius 1 is 1.32 bits per heavy atom. The number of para-hydroxylation sites is 1. The van der Waals surface area contributed by atoms with Crippen molar-refractivity contribution in [2.24, 2.45) is 0 Å². The molecule has 1 fully saturated rings. The quantitative estimate of drug-likeness (QED) is 0.222. The van der Waals surface area contributed by atoms with E-state index in [1.807, 2.05) is 6.07 Å². The molecule has 1 N–H and O–H groups in total. The summed E-state index contributed by atoms with van der Waals surface area (Å²) >= 11 is 0. The maximum Gasteiger partial charge on any atom is 0.346 e. The van der Waals surface area contributed by atoms with Gasteiger partial charge in [0, 0.05) is 10.9 Å². The van der Waals surface area contributed by atoms with Crippen molar-refractivity contribution < 1.29 is 24.3 Å². The fraction of sp³-hybridized carbons (Fsp3) is 0.286. The molecule has 3 aromatic rings. The molecule has 1 unspecified atom stereocenters. The summed E-state index contributed by atoms with van der Waals surface area (Å²) < 4.78 is 11.9. The second kappa shape index (κ2) is 5.74. The standard InChI is InChI=1S/C21H15N3O7/c1-9-21(31-9)15-13(8-30-20(21)27)19(26)23-6-11-12(7-25)10-4-2-3-5-14(10)22-16(11)18(23)17(15)24(28)29/h2-5,9,25H,6-8H2,1H3/t9?,21-/m0/s1. The Labute approximate surface area is 173 Å². The van der Waals surface area contributed by atoms with Crippen LogP contribution in [0, 0.1) is 10.1 Å². The Balaban J connectivity index is 1.77. The van der Waals surface area contributed by atoms with Crippen molar-refractivity contribution in [1.29, 1.82) is 0 Å². The number of hydrogen-bond acceptors (Lipinski definition) is 8. The Hall–Kier alpha value is -3.63. The number of benzene rings is 1. The number of cyclic esters (lactones) is 1. The third-order valence-electron chi connectivity index (χ3n) is 6.43. The second-order valence-corrected chi connectivity index (χ2v) is 7.86. The Morgan fingerprint density at radius 3 is 2.74 bits per heavy atom. The van der Waals surface area contributed by atoms with Crippen LogP contribution < -0.4 is 5.56 Å². The molecule has 31 heavy (non-hydrogen) atoms. The van der Waals surface area contributed by atoms with Gasteiger partial charge in [0.15, 0.2) is 0 Å². The number of aliphatic hydroxyl groups is 1. The van der Waals surface area contributed by atoms with Crippen LogP contribution in [0.4, 0.5) is 5.69 Å². The number of aliphatic hydroxyl groups excluding tert-OH is 1. The van der Waals surface area contributed by atoms with Gasteiger partial charge in [0.05, 0.1) is 40.4 Å². The monoisotopic (exact) mass is 421 g/mol. The first kappa shape index (κ1) is 18.2. The highest BCUT2D eigenvalue weighted by atomic mass is 16.7. The van der Waals surface area contributed by atoms with Crippen LogP contribution in [-0.2, 0) is 39.6 Å². The van der Waals surface area contributed by atoms with E-state index < -0.39 is 28.2 Å². The van der Waals surface area contributed by atoms with Gasteiger partial charge in [-0.25, -0.2) is 9.78 Å². The lowest BCUT2D eigenvalue weighted by Crippen LogP contribution is -2.39. The van der Waals surface area contributed by atoms with Gasteiger partial charge < -0.3 is 14.6 Å². The number of esters is 1. The number of aromatic nitrogens is 2. The summed E-state index contributed by atoms with van der Waals surface area (Å²) in [5.41, 5.74) is -0.556. The lowest BCUT2D eigenvalue weighted by atomic mass is 9.88. The SMILES string of the molecule is CC1O[C@@]12C(=O)OCc1c2c([N+](=O)[O-])c2n(c1=O)Cc1c-2nc2ccccc2c1CO. The molecule has 6 rings (SSSR count). The summed E-state index contributed by atoms with van der Waals surface area (Å²) in [6.45, 7) is 0.967. The van der Waals surface area contributed by atoms with E-state index in [1.165, 1.54) is 4.57 Å². The molecule has 156 valence electrons. The number of ether oxygens (including phenoxy) is 2. The van der Waals surface area contributed by atoms with Crippen molar-refractivity contribution in [2.45, 2.75) is 38.4 Å². The predicted octanol–water partition coefficient (Wildman–Crippen LogP) is 1.50. The Kier molecular flexibility index (Phi) is 3.36. The zero-order valence-corrected chi connectivity index (χ0v) is 16.2.